The summed E-state index contributed by atoms with van der Waals surface area (Å²) in [5.74, 6) is 0. The van der Waals surface area contributed by atoms with Crippen molar-refractivity contribution in [2.75, 3.05) is 13.1 Å². The lowest BCUT2D eigenvalue weighted by atomic mass is 10.1. The molecule has 0 unspecified atom stereocenters. The molecule has 2 heterocycles. The van der Waals surface area contributed by atoms with Gasteiger partial charge in [-0.1, -0.05) is 32.0 Å². The van der Waals surface area contributed by atoms with Gasteiger partial charge in [-0.2, -0.15) is 0 Å². The van der Waals surface area contributed by atoms with E-state index in [4.69, 9.17) is 0 Å². The molecule has 0 radical (unpaired) electrons. The third-order valence-electron chi connectivity index (χ3n) is 3.83. The first-order chi connectivity index (χ1) is 10.3. The zero-order valence-corrected chi connectivity index (χ0v) is 12.5. The van der Waals surface area contributed by atoms with Crippen molar-refractivity contribution < 1.29 is 0 Å². The molecule has 0 spiro atoms. The Labute approximate surface area is 124 Å². The molecule has 0 amide bonds. The van der Waals surface area contributed by atoms with E-state index in [2.05, 4.69) is 64.0 Å². The molecular weight excluding hydrogens is 260 g/mol. The fourth-order valence-electron chi connectivity index (χ4n) is 2.57. The van der Waals surface area contributed by atoms with Gasteiger partial charge in [0.1, 0.15) is 12.0 Å². The maximum absolute atomic E-state index is 4.25. The van der Waals surface area contributed by atoms with Crippen molar-refractivity contribution in [2.45, 2.75) is 20.4 Å². The predicted molar refractivity (Wildman–Crippen MR) is 85.9 cm³/mol. The molecule has 0 aliphatic carbocycles. The highest BCUT2D eigenvalue weighted by Gasteiger charge is 2.06. The molecule has 0 fully saturated rings. The molecule has 4 heteroatoms. The fourth-order valence-corrected chi connectivity index (χ4v) is 2.57. The molecule has 0 atom stereocenters. The molecule has 4 nitrogen and oxygen atoms in total. The fraction of sp³-hybridized carbons (Fsp3) is 0.294. The lowest BCUT2D eigenvalue weighted by Crippen LogP contribution is -2.22. The molecule has 2 aromatic heterocycles. The van der Waals surface area contributed by atoms with Crippen LogP contribution in [0, 0.1) is 0 Å². The standard InChI is InChI=1S/C17H20N4/c1-3-21(4-2)11-13-6-5-7-14(8-13)16-9-15-10-18-12-19-17(15)20-16/h5-10,12H,3-4,11H2,1-2H3,(H,18,19,20). The Hall–Kier alpha value is -2.20. The molecule has 1 aromatic carbocycles. The molecule has 3 aromatic rings. The van der Waals surface area contributed by atoms with Gasteiger partial charge in [-0.3, -0.25) is 4.90 Å². The number of benzene rings is 1. The summed E-state index contributed by atoms with van der Waals surface area (Å²) < 4.78 is 0. The van der Waals surface area contributed by atoms with Gasteiger partial charge in [-0.05, 0) is 36.3 Å². The second-order valence-electron chi connectivity index (χ2n) is 5.17. The summed E-state index contributed by atoms with van der Waals surface area (Å²) in [6.07, 6.45) is 3.40. The van der Waals surface area contributed by atoms with E-state index in [1.165, 1.54) is 11.1 Å². The summed E-state index contributed by atoms with van der Waals surface area (Å²) in [6, 6.07) is 10.8. The van der Waals surface area contributed by atoms with Crippen molar-refractivity contribution in [3.8, 4) is 11.3 Å². The summed E-state index contributed by atoms with van der Waals surface area (Å²) in [4.78, 5) is 14.1. The maximum atomic E-state index is 4.25. The Morgan fingerprint density at radius 1 is 1.14 bits per heavy atom. The minimum absolute atomic E-state index is 0.883. The van der Waals surface area contributed by atoms with E-state index in [0.717, 1.165) is 36.4 Å². The third-order valence-corrected chi connectivity index (χ3v) is 3.83. The smallest absolute Gasteiger partial charge is 0.141 e. The Kier molecular flexibility index (Phi) is 3.97. The lowest BCUT2D eigenvalue weighted by Gasteiger charge is -2.18. The van der Waals surface area contributed by atoms with Crippen LogP contribution in [0.25, 0.3) is 22.3 Å². The van der Waals surface area contributed by atoms with Gasteiger partial charge in [0, 0.05) is 23.8 Å². The van der Waals surface area contributed by atoms with Gasteiger partial charge in [0.05, 0.1) is 0 Å². The van der Waals surface area contributed by atoms with Crippen molar-refractivity contribution in [2.24, 2.45) is 0 Å². The number of nitrogens with one attached hydrogen (secondary N) is 1. The van der Waals surface area contributed by atoms with E-state index in [-0.39, 0.29) is 0 Å². The monoisotopic (exact) mass is 280 g/mol. The Morgan fingerprint density at radius 2 is 2.00 bits per heavy atom. The number of H-pyrrole nitrogens is 1. The van der Waals surface area contributed by atoms with E-state index in [9.17, 15) is 0 Å². The maximum Gasteiger partial charge on any atom is 0.141 e. The van der Waals surface area contributed by atoms with Gasteiger partial charge in [0.25, 0.3) is 0 Å². The summed E-state index contributed by atoms with van der Waals surface area (Å²) >= 11 is 0. The van der Waals surface area contributed by atoms with Gasteiger partial charge >= 0.3 is 0 Å². The van der Waals surface area contributed by atoms with Crippen LogP contribution in [0.1, 0.15) is 19.4 Å². The number of hydrogen-bond donors (Lipinski definition) is 1. The molecule has 0 saturated heterocycles. The first kappa shape index (κ1) is 13.8. The number of rotatable bonds is 5. The van der Waals surface area contributed by atoms with Crippen molar-refractivity contribution in [3.63, 3.8) is 0 Å². The van der Waals surface area contributed by atoms with Crippen LogP contribution < -0.4 is 0 Å². The van der Waals surface area contributed by atoms with E-state index in [0.29, 0.717) is 0 Å². The zero-order valence-electron chi connectivity index (χ0n) is 12.5. The van der Waals surface area contributed by atoms with Gasteiger partial charge in [-0.25, -0.2) is 9.97 Å². The molecular formula is C17H20N4. The second-order valence-corrected chi connectivity index (χ2v) is 5.17. The first-order valence-corrected chi connectivity index (χ1v) is 7.40. The molecule has 0 aliphatic rings. The van der Waals surface area contributed by atoms with Gasteiger partial charge < -0.3 is 4.98 Å². The van der Waals surface area contributed by atoms with Gasteiger partial charge in [0.15, 0.2) is 0 Å². The lowest BCUT2D eigenvalue weighted by molar-refractivity contribution is 0.296. The molecule has 0 bridgehead atoms. The van der Waals surface area contributed by atoms with Crippen LogP contribution in [0.2, 0.25) is 0 Å². The van der Waals surface area contributed by atoms with Crippen LogP contribution in [0.5, 0.6) is 0 Å². The van der Waals surface area contributed by atoms with Crippen molar-refractivity contribution in [1.29, 1.82) is 0 Å². The van der Waals surface area contributed by atoms with Crippen LogP contribution in [-0.4, -0.2) is 32.9 Å². The number of fused-ring (bicyclic) bond motifs is 1. The average molecular weight is 280 g/mol. The van der Waals surface area contributed by atoms with E-state index in [1.54, 1.807) is 6.33 Å². The molecule has 21 heavy (non-hydrogen) atoms. The molecule has 3 rings (SSSR count). The van der Waals surface area contributed by atoms with E-state index < -0.39 is 0 Å². The third kappa shape index (κ3) is 2.95. The summed E-state index contributed by atoms with van der Waals surface area (Å²) in [5, 5.41) is 1.04. The van der Waals surface area contributed by atoms with Crippen LogP contribution in [0.15, 0.2) is 42.9 Å². The highest BCUT2D eigenvalue weighted by atomic mass is 15.1. The number of aromatic nitrogens is 3. The van der Waals surface area contributed by atoms with Crippen molar-refractivity contribution >= 4 is 11.0 Å². The average Bonchev–Trinajstić information content (AvgIpc) is 2.97. The highest BCUT2D eigenvalue weighted by Crippen LogP contribution is 2.23. The molecule has 1 N–H and O–H groups in total. The van der Waals surface area contributed by atoms with E-state index in [1.807, 2.05) is 6.20 Å². The Bertz CT molecular complexity index is 695. The minimum atomic E-state index is 0.883. The first-order valence-electron chi connectivity index (χ1n) is 7.40. The largest absolute Gasteiger partial charge is 0.339 e. The number of nitrogens with zero attached hydrogens (tertiary/aromatic N) is 3. The molecule has 0 aliphatic heterocycles. The number of hydrogen-bond acceptors (Lipinski definition) is 3. The van der Waals surface area contributed by atoms with E-state index >= 15 is 0 Å². The van der Waals surface area contributed by atoms with Gasteiger partial charge in [0.2, 0.25) is 0 Å². The summed E-state index contributed by atoms with van der Waals surface area (Å²) in [7, 11) is 0. The van der Waals surface area contributed by atoms with Crippen LogP contribution in [-0.2, 0) is 6.54 Å². The molecule has 0 saturated carbocycles. The number of aromatic amines is 1. The van der Waals surface area contributed by atoms with Crippen molar-refractivity contribution in [1.82, 2.24) is 19.9 Å². The minimum Gasteiger partial charge on any atom is -0.339 e. The van der Waals surface area contributed by atoms with Crippen molar-refractivity contribution in [3.05, 3.63) is 48.4 Å². The second kappa shape index (κ2) is 6.06. The van der Waals surface area contributed by atoms with Crippen LogP contribution in [0.4, 0.5) is 0 Å². The zero-order chi connectivity index (χ0) is 14.7. The Balaban J connectivity index is 1.91. The highest BCUT2D eigenvalue weighted by molar-refractivity contribution is 5.82. The summed E-state index contributed by atoms with van der Waals surface area (Å²) in [5.41, 5.74) is 4.50. The predicted octanol–water partition coefficient (Wildman–Crippen LogP) is 3.47. The van der Waals surface area contributed by atoms with Crippen LogP contribution >= 0.6 is 0 Å². The summed E-state index contributed by atoms with van der Waals surface area (Å²) in [6.45, 7) is 7.53. The SMILES string of the molecule is CCN(CC)Cc1cccc(-c2cc3cncnc3[nH]2)c1. The van der Waals surface area contributed by atoms with Crippen LogP contribution in [0.3, 0.4) is 0 Å². The topological polar surface area (TPSA) is 44.8 Å². The van der Waals surface area contributed by atoms with Gasteiger partial charge in [-0.15, -0.1) is 0 Å². The normalized spacial score (nSPS) is 11.4. The molecule has 108 valence electrons. The quantitative estimate of drug-likeness (QED) is 0.778. The Morgan fingerprint density at radius 3 is 2.76 bits per heavy atom.